The van der Waals surface area contributed by atoms with Gasteiger partial charge in [-0.2, -0.15) is 4.98 Å². The fourth-order valence-corrected chi connectivity index (χ4v) is 2.80. The molecule has 0 radical (unpaired) electrons. The van der Waals surface area contributed by atoms with Crippen LogP contribution in [-0.4, -0.2) is 29.9 Å². The van der Waals surface area contributed by atoms with Gasteiger partial charge in [0.05, 0.1) is 12.6 Å². The normalized spacial score (nSPS) is 12.5. The minimum absolute atomic E-state index is 0.196. The van der Waals surface area contributed by atoms with E-state index in [1.807, 2.05) is 30.3 Å². The number of nitrogens with one attached hydrogen (secondary N) is 1. The summed E-state index contributed by atoms with van der Waals surface area (Å²) in [6.07, 6.45) is -0.670. The van der Waals surface area contributed by atoms with Crippen LogP contribution in [0.3, 0.4) is 0 Å². The third-order valence-electron chi connectivity index (χ3n) is 4.09. The Labute approximate surface area is 144 Å². The lowest BCUT2D eigenvalue weighted by atomic mass is 10.2. The summed E-state index contributed by atoms with van der Waals surface area (Å²) in [5.41, 5.74) is 0.776. The van der Waals surface area contributed by atoms with Crippen molar-refractivity contribution in [2.75, 3.05) is 5.32 Å². The Morgan fingerprint density at radius 3 is 2.48 bits per heavy atom. The second-order valence-corrected chi connectivity index (χ2v) is 6.11. The maximum atomic E-state index is 12.6. The van der Waals surface area contributed by atoms with E-state index in [1.54, 1.807) is 18.5 Å². The van der Waals surface area contributed by atoms with Gasteiger partial charge in [0.2, 0.25) is 5.95 Å². The molecule has 132 valence electrons. The smallest absolute Gasteiger partial charge is 0.332 e. The lowest BCUT2D eigenvalue weighted by molar-refractivity contribution is 0.175. The Kier molecular flexibility index (Phi) is 4.45. The number of fused-ring (bicyclic) bond motifs is 1. The van der Waals surface area contributed by atoms with Crippen molar-refractivity contribution in [3.63, 3.8) is 0 Å². The molecule has 8 heteroatoms. The molecule has 0 unspecified atom stereocenters. The van der Waals surface area contributed by atoms with Crippen LogP contribution in [0.15, 0.2) is 39.9 Å². The van der Waals surface area contributed by atoms with E-state index in [4.69, 9.17) is 0 Å². The first-order valence-electron chi connectivity index (χ1n) is 8.02. The summed E-state index contributed by atoms with van der Waals surface area (Å²) >= 11 is 0. The molecule has 0 aliphatic heterocycles. The van der Waals surface area contributed by atoms with Crippen molar-refractivity contribution < 1.29 is 5.11 Å². The van der Waals surface area contributed by atoms with Crippen LogP contribution in [0, 0.1) is 0 Å². The molecule has 0 saturated heterocycles. The highest BCUT2D eigenvalue weighted by molar-refractivity contribution is 5.74. The average molecular weight is 343 g/mol. The van der Waals surface area contributed by atoms with Crippen LogP contribution in [0.4, 0.5) is 5.95 Å². The van der Waals surface area contributed by atoms with E-state index < -0.39 is 17.4 Å². The van der Waals surface area contributed by atoms with E-state index >= 15 is 0 Å². The SMILES string of the molecule is C[C@@H](O)Cn1c(NCc2ccccc2)nc2c1c(=O)n(C)c(=O)n2C. The predicted octanol–water partition coefficient (Wildman–Crippen LogP) is 0.427. The van der Waals surface area contributed by atoms with Crippen LogP contribution in [-0.2, 0) is 27.2 Å². The van der Waals surface area contributed by atoms with E-state index in [2.05, 4.69) is 10.3 Å². The number of hydrogen-bond acceptors (Lipinski definition) is 5. The minimum Gasteiger partial charge on any atom is -0.392 e. The summed E-state index contributed by atoms with van der Waals surface area (Å²) in [5, 5.41) is 13.0. The second kappa shape index (κ2) is 6.56. The summed E-state index contributed by atoms with van der Waals surface area (Å²) < 4.78 is 4.01. The number of aryl methyl sites for hydroxylation is 1. The van der Waals surface area contributed by atoms with Gasteiger partial charge in [-0.25, -0.2) is 4.79 Å². The molecule has 0 bridgehead atoms. The fourth-order valence-electron chi connectivity index (χ4n) is 2.80. The zero-order valence-corrected chi connectivity index (χ0v) is 14.4. The molecule has 0 aliphatic carbocycles. The number of anilines is 1. The molecule has 25 heavy (non-hydrogen) atoms. The quantitative estimate of drug-likeness (QED) is 0.700. The van der Waals surface area contributed by atoms with Crippen molar-refractivity contribution in [1.82, 2.24) is 18.7 Å². The highest BCUT2D eigenvalue weighted by Gasteiger charge is 2.19. The number of aliphatic hydroxyl groups excluding tert-OH is 1. The molecule has 8 nitrogen and oxygen atoms in total. The first kappa shape index (κ1) is 17.0. The van der Waals surface area contributed by atoms with Crippen molar-refractivity contribution in [3.8, 4) is 0 Å². The van der Waals surface area contributed by atoms with Crippen molar-refractivity contribution in [2.24, 2.45) is 14.1 Å². The number of imidazole rings is 1. The van der Waals surface area contributed by atoms with Crippen LogP contribution in [0.5, 0.6) is 0 Å². The molecular weight excluding hydrogens is 322 g/mol. The monoisotopic (exact) mass is 343 g/mol. The maximum absolute atomic E-state index is 12.6. The number of aliphatic hydroxyl groups is 1. The van der Waals surface area contributed by atoms with Gasteiger partial charge in [-0.05, 0) is 12.5 Å². The highest BCUT2D eigenvalue weighted by Crippen LogP contribution is 2.17. The number of rotatable bonds is 5. The first-order chi connectivity index (χ1) is 11.9. The minimum atomic E-state index is -0.670. The maximum Gasteiger partial charge on any atom is 0.332 e. The summed E-state index contributed by atoms with van der Waals surface area (Å²) in [7, 11) is 3.01. The van der Waals surface area contributed by atoms with Gasteiger partial charge >= 0.3 is 5.69 Å². The van der Waals surface area contributed by atoms with Gasteiger partial charge in [0.1, 0.15) is 0 Å². The molecule has 3 rings (SSSR count). The zero-order valence-electron chi connectivity index (χ0n) is 14.4. The van der Waals surface area contributed by atoms with Crippen LogP contribution < -0.4 is 16.6 Å². The van der Waals surface area contributed by atoms with E-state index in [1.165, 1.54) is 11.6 Å². The molecule has 0 fully saturated rings. The van der Waals surface area contributed by atoms with Gasteiger partial charge in [-0.15, -0.1) is 0 Å². The van der Waals surface area contributed by atoms with Crippen molar-refractivity contribution >= 4 is 17.1 Å². The average Bonchev–Trinajstić information content (AvgIpc) is 2.95. The third-order valence-corrected chi connectivity index (χ3v) is 4.09. The molecule has 0 saturated carbocycles. The summed E-state index contributed by atoms with van der Waals surface area (Å²) in [5.74, 6) is 0.443. The molecule has 3 aromatic rings. The summed E-state index contributed by atoms with van der Waals surface area (Å²) in [6.45, 7) is 2.35. The molecule has 2 N–H and O–H groups in total. The zero-order chi connectivity index (χ0) is 18.1. The van der Waals surface area contributed by atoms with Gasteiger partial charge in [0, 0.05) is 20.6 Å². The fraction of sp³-hybridized carbons (Fsp3) is 0.353. The van der Waals surface area contributed by atoms with Gasteiger partial charge in [-0.1, -0.05) is 30.3 Å². The number of nitrogens with zero attached hydrogens (tertiary/aromatic N) is 4. The molecule has 1 atom stereocenters. The van der Waals surface area contributed by atoms with Gasteiger partial charge in [0.15, 0.2) is 11.2 Å². The molecular formula is C17H21N5O3. The standard InChI is InChI=1S/C17H21N5O3/c1-11(23)10-22-13-14(20(2)17(25)21(3)15(13)24)19-16(22)18-9-12-7-5-4-6-8-12/h4-8,11,23H,9-10H2,1-3H3,(H,18,19)/t11-/m1/s1. The Bertz CT molecular complexity index is 1010. The molecule has 1 aromatic carbocycles. The van der Waals surface area contributed by atoms with Crippen LogP contribution in [0.2, 0.25) is 0 Å². The van der Waals surface area contributed by atoms with E-state index in [-0.39, 0.29) is 6.54 Å². The summed E-state index contributed by atoms with van der Waals surface area (Å²) in [6, 6.07) is 9.77. The topological polar surface area (TPSA) is 94.1 Å². The molecule has 2 aromatic heterocycles. The first-order valence-corrected chi connectivity index (χ1v) is 8.02. The molecule has 2 heterocycles. The van der Waals surface area contributed by atoms with Crippen molar-refractivity contribution in [1.29, 1.82) is 0 Å². The Morgan fingerprint density at radius 1 is 1.16 bits per heavy atom. The van der Waals surface area contributed by atoms with Gasteiger partial charge in [-0.3, -0.25) is 13.9 Å². The predicted molar refractivity (Wildman–Crippen MR) is 95.7 cm³/mol. The van der Waals surface area contributed by atoms with Crippen molar-refractivity contribution in [3.05, 3.63) is 56.7 Å². The Morgan fingerprint density at radius 2 is 1.84 bits per heavy atom. The third kappa shape index (κ3) is 3.08. The highest BCUT2D eigenvalue weighted by atomic mass is 16.3. The Hall–Kier alpha value is -2.87. The largest absolute Gasteiger partial charge is 0.392 e. The molecule has 0 amide bonds. The van der Waals surface area contributed by atoms with Gasteiger partial charge in [0.25, 0.3) is 5.56 Å². The van der Waals surface area contributed by atoms with E-state index in [0.717, 1.165) is 10.1 Å². The molecule has 0 spiro atoms. The van der Waals surface area contributed by atoms with E-state index in [9.17, 15) is 14.7 Å². The van der Waals surface area contributed by atoms with Crippen molar-refractivity contribution in [2.45, 2.75) is 26.1 Å². The molecule has 0 aliphatic rings. The summed E-state index contributed by atoms with van der Waals surface area (Å²) in [4.78, 5) is 29.1. The van der Waals surface area contributed by atoms with Crippen LogP contribution in [0.1, 0.15) is 12.5 Å². The van der Waals surface area contributed by atoms with Crippen LogP contribution >= 0.6 is 0 Å². The Balaban J connectivity index is 2.14. The van der Waals surface area contributed by atoms with Gasteiger partial charge < -0.3 is 15.0 Å². The van der Waals surface area contributed by atoms with E-state index in [0.29, 0.717) is 23.7 Å². The second-order valence-electron chi connectivity index (χ2n) is 6.11. The number of hydrogen-bond donors (Lipinski definition) is 2. The number of benzene rings is 1. The van der Waals surface area contributed by atoms with Crippen LogP contribution in [0.25, 0.3) is 11.2 Å². The number of aromatic nitrogens is 4. The lowest BCUT2D eigenvalue weighted by Crippen LogP contribution is -2.37. The lowest BCUT2D eigenvalue weighted by Gasteiger charge is -2.12.